The Morgan fingerprint density at radius 2 is 1.88 bits per heavy atom. The van der Waals surface area contributed by atoms with Crippen molar-refractivity contribution < 1.29 is 4.79 Å². The van der Waals surface area contributed by atoms with Crippen molar-refractivity contribution in [1.82, 2.24) is 14.7 Å². The predicted octanol–water partition coefficient (Wildman–Crippen LogP) is 4.29. The smallest absolute Gasteiger partial charge is 0.271 e. The minimum atomic E-state index is -0.487. The van der Waals surface area contributed by atoms with Crippen LogP contribution in [0.2, 0.25) is 10.0 Å². The number of carbonyl (C=O) groups is 1. The molecule has 1 aromatic carbocycles. The summed E-state index contributed by atoms with van der Waals surface area (Å²) < 4.78 is 1.51. The predicted molar refractivity (Wildman–Crippen MR) is 106 cm³/mol. The van der Waals surface area contributed by atoms with Gasteiger partial charge in [0.2, 0.25) is 0 Å². The maximum Gasteiger partial charge on any atom is 0.271 e. The minimum absolute atomic E-state index is 0.000440. The van der Waals surface area contributed by atoms with E-state index < -0.39 is 5.91 Å². The molecule has 0 unspecified atom stereocenters. The molecule has 0 aliphatic carbocycles. The minimum Gasteiger partial charge on any atom is -0.348 e. The molecule has 136 valence electrons. The van der Waals surface area contributed by atoms with Gasteiger partial charge in [-0.1, -0.05) is 44.0 Å². The molecule has 1 N–H and O–H groups in total. The van der Waals surface area contributed by atoms with E-state index >= 15 is 0 Å². The van der Waals surface area contributed by atoms with Gasteiger partial charge >= 0.3 is 0 Å². The molecule has 8 heteroatoms. The third-order valence-electron chi connectivity index (χ3n) is 3.83. The number of carbonyl (C=O) groups excluding carboxylic acids is 1. The van der Waals surface area contributed by atoms with E-state index in [1.165, 1.54) is 21.9 Å². The molecule has 3 aromatic rings. The average molecular weight is 410 g/mol. The van der Waals surface area contributed by atoms with E-state index in [0.717, 1.165) is 11.3 Å². The van der Waals surface area contributed by atoms with Gasteiger partial charge in [-0.2, -0.15) is 0 Å². The summed E-state index contributed by atoms with van der Waals surface area (Å²) in [4.78, 5) is 30.2. The Morgan fingerprint density at radius 3 is 2.50 bits per heavy atom. The highest BCUT2D eigenvalue weighted by Crippen LogP contribution is 2.25. The van der Waals surface area contributed by atoms with E-state index in [1.807, 2.05) is 26.2 Å². The first-order chi connectivity index (χ1) is 12.2. The third kappa shape index (κ3) is 3.77. The molecule has 0 aliphatic heterocycles. The lowest BCUT2D eigenvalue weighted by molar-refractivity contribution is 0.0949. The molecule has 2 aromatic heterocycles. The average Bonchev–Trinajstić information content (AvgIpc) is 2.97. The van der Waals surface area contributed by atoms with E-state index in [1.54, 1.807) is 18.2 Å². The Balaban J connectivity index is 1.91. The Bertz CT molecular complexity index is 1030. The molecule has 3 rings (SSSR count). The molecule has 2 heterocycles. The number of hydrogen-bond donors (Lipinski definition) is 1. The zero-order chi connectivity index (χ0) is 19.1. The lowest BCUT2D eigenvalue weighted by Gasteiger charge is -2.17. The van der Waals surface area contributed by atoms with Crippen LogP contribution in [0.5, 0.6) is 0 Å². The lowest BCUT2D eigenvalue weighted by Crippen LogP contribution is -2.32. The largest absolute Gasteiger partial charge is 0.348 e. The molecular weight excluding hydrogens is 393 g/mol. The maximum atomic E-state index is 12.8. The third-order valence-corrected chi connectivity index (χ3v) is 5.11. The molecule has 0 spiro atoms. The number of fused-ring (bicyclic) bond motifs is 1. The normalized spacial score (nSPS) is 11.7. The van der Waals surface area contributed by atoms with Gasteiger partial charge in [0.05, 0.1) is 0 Å². The first-order valence-electron chi connectivity index (χ1n) is 7.90. The number of amides is 1. The zero-order valence-electron chi connectivity index (χ0n) is 14.5. The van der Waals surface area contributed by atoms with Crippen molar-refractivity contribution in [3.8, 4) is 0 Å². The van der Waals surface area contributed by atoms with Crippen molar-refractivity contribution in [1.29, 1.82) is 0 Å². The summed E-state index contributed by atoms with van der Waals surface area (Å²) >= 11 is 13.3. The number of nitrogens with one attached hydrogen (secondary N) is 1. The van der Waals surface area contributed by atoms with Crippen LogP contribution in [0.3, 0.4) is 0 Å². The molecule has 0 saturated carbocycles. The molecule has 0 radical (unpaired) electrons. The molecule has 0 aliphatic rings. The van der Waals surface area contributed by atoms with Crippen molar-refractivity contribution >= 4 is 45.4 Å². The number of aromatic nitrogens is 2. The van der Waals surface area contributed by atoms with Crippen LogP contribution in [0.4, 0.5) is 0 Å². The SMILES string of the molecule is CC(C)(C)c1csc2ncc(C(=O)NCc3cc(Cl)cc(Cl)c3)c(=O)n12. The van der Waals surface area contributed by atoms with E-state index in [4.69, 9.17) is 23.2 Å². The molecule has 0 saturated heterocycles. The lowest BCUT2D eigenvalue weighted by atomic mass is 9.93. The van der Waals surface area contributed by atoms with Crippen LogP contribution < -0.4 is 10.9 Å². The summed E-state index contributed by atoms with van der Waals surface area (Å²) in [6, 6.07) is 5.03. The van der Waals surface area contributed by atoms with Crippen molar-refractivity contribution in [2.75, 3.05) is 0 Å². The second-order valence-corrected chi connectivity index (χ2v) is 8.64. The fourth-order valence-electron chi connectivity index (χ4n) is 2.56. The van der Waals surface area contributed by atoms with E-state index in [-0.39, 0.29) is 23.1 Å². The summed E-state index contributed by atoms with van der Waals surface area (Å²) in [7, 11) is 0. The highest BCUT2D eigenvalue weighted by atomic mass is 35.5. The molecule has 26 heavy (non-hydrogen) atoms. The highest BCUT2D eigenvalue weighted by Gasteiger charge is 2.22. The van der Waals surface area contributed by atoms with Crippen molar-refractivity contribution in [2.24, 2.45) is 0 Å². The van der Waals surface area contributed by atoms with E-state index in [0.29, 0.717) is 15.0 Å². The number of thiazole rings is 1. The van der Waals surface area contributed by atoms with Gasteiger partial charge < -0.3 is 5.32 Å². The van der Waals surface area contributed by atoms with Crippen molar-refractivity contribution in [3.05, 3.63) is 67.0 Å². The highest BCUT2D eigenvalue weighted by molar-refractivity contribution is 7.15. The fraction of sp³-hybridized carbons (Fsp3) is 0.278. The summed E-state index contributed by atoms with van der Waals surface area (Å²) in [5.41, 5.74) is 0.959. The molecule has 0 bridgehead atoms. The van der Waals surface area contributed by atoms with E-state index in [9.17, 15) is 9.59 Å². The molecule has 0 atom stereocenters. The van der Waals surface area contributed by atoms with E-state index in [2.05, 4.69) is 10.3 Å². The number of hydrogen-bond acceptors (Lipinski definition) is 4. The Kier molecular flexibility index (Phi) is 5.10. The number of halogens is 2. The zero-order valence-corrected chi connectivity index (χ0v) is 16.8. The topological polar surface area (TPSA) is 63.5 Å². The van der Waals surface area contributed by atoms with Crippen LogP contribution in [0.25, 0.3) is 4.96 Å². The van der Waals surface area contributed by atoms with Gasteiger partial charge in [0.25, 0.3) is 11.5 Å². The van der Waals surface area contributed by atoms with Gasteiger partial charge in [-0.25, -0.2) is 4.98 Å². The Hall–Kier alpha value is -1.89. The van der Waals surface area contributed by atoms with Crippen LogP contribution in [0.15, 0.2) is 34.6 Å². The second-order valence-electron chi connectivity index (χ2n) is 6.93. The number of nitrogens with zero attached hydrogens (tertiary/aromatic N) is 2. The maximum absolute atomic E-state index is 12.8. The second kappa shape index (κ2) is 7.02. The van der Waals surface area contributed by atoms with Crippen LogP contribution in [0.1, 0.15) is 42.4 Å². The summed E-state index contributed by atoms with van der Waals surface area (Å²) in [5.74, 6) is -0.487. The van der Waals surface area contributed by atoms with Crippen LogP contribution in [-0.2, 0) is 12.0 Å². The first-order valence-corrected chi connectivity index (χ1v) is 9.53. The monoisotopic (exact) mass is 409 g/mol. The van der Waals surface area contributed by atoms with Crippen molar-refractivity contribution in [2.45, 2.75) is 32.7 Å². The van der Waals surface area contributed by atoms with Gasteiger partial charge in [-0.05, 0) is 23.8 Å². The molecule has 0 fully saturated rings. The van der Waals surface area contributed by atoms with Gasteiger partial charge in [0.15, 0.2) is 4.96 Å². The Morgan fingerprint density at radius 1 is 1.23 bits per heavy atom. The number of rotatable bonds is 3. The van der Waals surface area contributed by atoms with Crippen LogP contribution >= 0.6 is 34.5 Å². The summed E-state index contributed by atoms with van der Waals surface area (Å²) in [5, 5.41) is 5.59. The number of benzene rings is 1. The summed E-state index contributed by atoms with van der Waals surface area (Å²) in [6.45, 7) is 6.24. The van der Waals surface area contributed by atoms with Crippen LogP contribution in [0, 0.1) is 0 Å². The van der Waals surface area contributed by atoms with Gasteiger partial charge in [-0.15, -0.1) is 11.3 Å². The standard InChI is InChI=1S/C18H17Cl2N3O2S/c1-18(2,3)14-9-26-17-22-8-13(16(25)23(14)17)15(24)21-7-10-4-11(19)6-12(20)5-10/h4-6,8-9H,7H2,1-3H3,(H,21,24). The first kappa shape index (κ1) is 18.9. The quantitative estimate of drug-likeness (QED) is 0.701. The molecule has 5 nitrogen and oxygen atoms in total. The molecular formula is C18H17Cl2N3O2S. The van der Waals surface area contributed by atoms with Gasteiger partial charge in [0, 0.05) is 39.3 Å². The summed E-state index contributed by atoms with van der Waals surface area (Å²) in [6.07, 6.45) is 1.32. The fourth-order valence-corrected chi connectivity index (χ4v) is 4.20. The van der Waals surface area contributed by atoms with Crippen molar-refractivity contribution in [3.63, 3.8) is 0 Å². The van der Waals surface area contributed by atoms with Gasteiger partial charge in [-0.3, -0.25) is 14.0 Å². The van der Waals surface area contributed by atoms with Crippen LogP contribution in [-0.4, -0.2) is 15.3 Å². The molecule has 1 amide bonds. The van der Waals surface area contributed by atoms with Gasteiger partial charge in [0.1, 0.15) is 5.56 Å². The Labute approximate surface area is 164 Å².